The van der Waals surface area contributed by atoms with Crippen LogP contribution in [0.2, 0.25) is 0 Å². The van der Waals surface area contributed by atoms with Crippen LogP contribution in [-0.2, 0) is 13.0 Å². The Morgan fingerprint density at radius 2 is 1.53 bits per heavy atom. The lowest BCUT2D eigenvalue weighted by Gasteiger charge is -2.38. The molecule has 0 fully saturated rings. The molecule has 1 atom stereocenters. The summed E-state index contributed by atoms with van der Waals surface area (Å²) in [4.78, 5) is 15.6. The van der Waals surface area contributed by atoms with E-state index in [2.05, 4.69) is 83.5 Å². The Labute approximate surface area is 199 Å². The van der Waals surface area contributed by atoms with Crippen LogP contribution in [0.4, 0.5) is 5.69 Å². The molecule has 0 spiro atoms. The van der Waals surface area contributed by atoms with Crippen LogP contribution in [0.25, 0.3) is 21.8 Å². The van der Waals surface area contributed by atoms with E-state index in [1.807, 2.05) is 35.2 Å². The van der Waals surface area contributed by atoms with Gasteiger partial charge in [0.2, 0.25) is 0 Å². The molecule has 1 aliphatic heterocycles. The number of nitrogens with one attached hydrogen (secondary N) is 1. The molecule has 2 heterocycles. The Hall–Kier alpha value is -4.05. The van der Waals surface area contributed by atoms with Gasteiger partial charge < -0.3 is 14.8 Å². The van der Waals surface area contributed by atoms with Crippen LogP contribution in [0.5, 0.6) is 0 Å². The van der Waals surface area contributed by atoms with E-state index in [1.54, 1.807) is 0 Å². The van der Waals surface area contributed by atoms with Crippen molar-refractivity contribution in [1.29, 1.82) is 0 Å². The topological polar surface area (TPSA) is 37.3 Å². The fraction of sp³-hybridized carbons (Fsp3) is 0.167. The summed E-state index contributed by atoms with van der Waals surface area (Å²) >= 11 is 0. The minimum atomic E-state index is -0.223. The second kappa shape index (κ2) is 8.38. The van der Waals surface area contributed by atoms with Crippen LogP contribution < -0.4 is 5.32 Å². The fourth-order valence-electron chi connectivity index (χ4n) is 5.26. The number of anilines is 1. The van der Waals surface area contributed by atoms with E-state index in [9.17, 15) is 4.79 Å². The van der Waals surface area contributed by atoms with Crippen LogP contribution in [0.15, 0.2) is 97.1 Å². The molecule has 168 valence electrons. The molecule has 1 aliphatic rings. The van der Waals surface area contributed by atoms with Crippen LogP contribution in [0.3, 0.4) is 0 Å². The highest BCUT2D eigenvalue weighted by Gasteiger charge is 2.32. The van der Waals surface area contributed by atoms with Gasteiger partial charge in [-0.05, 0) is 54.8 Å². The van der Waals surface area contributed by atoms with E-state index in [1.165, 1.54) is 27.4 Å². The average Bonchev–Trinajstić information content (AvgIpc) is 3.21. The molecule has 1 amide bonds. The minimum Gasteiger partial charge on any atom is -0.361 e. The normalized spacial score (nSPS) is 15.5. The first-order chi connectivity index (χ1) is 16.7. The molecule has 6 rings (SSSR count). The number of nitrogens with zero attached hydrogens (tertiary/aromatic N) is 2. The smallest absolute Gasteiger partial charge is 0.257 e. The molecule has 4 nitrogen and oxygen atoms in total. The predicted molar refractivity (Wildman–Crippen MR) is 139 cm³/mol. The quantitative estimate of drug-likeness (QED) is 0.330. The van der Waals surface area contributed by atoms with Gasteiger partial charge >= 0.3 is 0 Å². The maximum absolute atomic E-state index is 13.6. The molecule has 5 aromatic rings. The SMILES string of the molecule is CCn1c2ccccc2c2cc(C3Nc4ccccc4C(=O)N3CCc3ccccc3)ccc21. The third kappa shape index (κ3) is 3.34. The van der Waals surface area contributed by atoms with Gasteiger partial charge in [-0.1, -0.05) is 66.7 Å². The Kier molecular flexibility index (Phi) is 5.06. The highest BCUT2D eigenvalue weighted by molar-refractivity contribution is 6.08. The predicted octanol–water partition coefficient (Wildman–Crippen LogP) is 6.62. The van der Waals surface area contributed by atoms with Crippen molar-refractivity contribution < 1.29 is 4.79 Å². The van der Waals surface area contributed by atoms with Gasteiger partial charge in [0.1, 0.15) is 6.17 Å². The summed E-state index contributed by atoms with van der Waals surface area (Å²) in [6.07, 6.45) is 0.587. The van der Waals surface area contributed by atoms with Gasteiger partial charge in [-0.2, -0.15) is 0 Å². The lowest BCUT2D eigenvalue weighted by Crippen LogP contribution is -2.44. The highest BCUT2D eigenvalue weighted by atomic mass is 16.2. The largest absolute Gasteiger partial charge is 0.361 e. The molecule has 0 bridgehead atoms. The average molecular weight is 446 g/mol. The van der Waals surface area contributed by atoms with Crippen molar-refractivity contribution in [2.24, 2.45) is 0 Å². The van der Waals surface area contributed by atoms with Crippen LogP contribution in [0, 0.1) is 0 Å². The minimum absolute atomic E-state index is 0.0753. The number of aryl methyl sites for hydroxylation is 1. The third-order valence-electron chi connectivity index (χ3n) is 6.93. The van der Waals surface area contributed by atoms with E-state index < -0.39 is 0 Å². The number of aromatic nitrogens is 1. The molecule has 1 aromatic heterocycles. The fourth-order valence-corrected chi connectivity index (χ4v) is 5.26. The van der Waals surface area contributed by atoms with Crippen molar-refractivity contribution in [2.45, 2.75) is 26.1 Å². The maximum atomic E-state index is 13.6. The molecule has 4 heteroatoms. The van der Waals surface area contributed by atoms with Gasteiger partial charge in [0, 0.05) is 40.6 Å². The summed E-state index contributed by atoms with van der Waals surface area (Å²) in [6.45, 7) is 3.74. The molecule has 0 saturated carbocycles. The number of carbonyl (C=O) groups is 1. The monoisotopic (exact) mass is 445 g/mol. The van der Waals surface area contributed by atoms with Crippen molar-refractivity contribution in [3.63, 3.8) is 0 Å². The first-order valence-electron chi connectivity index (χ1n) is 12.0. The van der Waals surface area contributed by atoms with Crippen LogP contribution in [-0.4, -0.2) is 21.9 Å². The van der Waals surface area contributed by atoms with Gasteiger partial charge in [0.15, 0.2) is 0 Å². The van der Waals surface area contributed by atoms with E-state index in [0.717, 1.165) is 29.8 Å². The maximum Gasteiger partial charge on any atom is 0.257 e. The second-order valence-corrected chi connectivity index (χ2v) is 8.86. The number of benzene rings is 4. The van der Waals surface area contributed by atoms with E-state index >= 15 is 0 Å². The molecule has 1 unspecified atom stereocenters. The zero-order chi connectivity index (χ0) is 23.1. The van der Waals surface area contributed by atoms with Gasteiger partial charge in [-0.15, -0.1) is 0 Å². The second-order valence-electron chi connectivity index (χ2n) is 8.86. The van der Waals surface area contributed by atoms with Crippen LogP contribution >= 0.6 is 0 Å². The lowest BCUT2D eigenvalue weighted by atomic mass is 10.0. The van der Waals surface area contributed by atoms with E-state index in [0.29, 0.717) is 6.54 Å². The van der Waals surface area contributed by atoms with E-state index in [-0.39, 0.29) is 12.1 Å². The van der Waals surface area contributed by atoms with Gasteiger partial charge in [-0.3, -0.25) is 4.79 Å². The van der Waals surface area contributed by atoms with E-state index in [4.69, 9.17) is 0 Å². The first-order valence-corrected chi connectivity index (χ1v) is 12.0. The third-order valence-corrected chi connectivity index (χ3v) is 6.93. The van der Waals surface area contributed by atoms with Gasteiger partial charge in [0.25, 0.3) is 5.91 Å². The highest BCUT2D eigenvalue weighted by Crippen LogP contribution is 2.36. The van der Waals surface area contributed by atoms with Crippen molar-refractivity contribution >= 4 is 33.4 Å². The molecule has 34 heavy (non-hydrogen) atoms. The zero-order valence-electron chi connectivity index (χ0n) is 19.2. The summed E-state index contributed by atoms with van der Waals surface area (Å²) in [5.74, 6) is 0.0753. The summed E-state index contributed by atoms with van der Waals surface area (Å²) in [5.41, 5.74) is 6.43. The standard InChI is InChI=1S/C30H27N3O/c1-2-32-27-15-9-7-12-23(27)25-20-22(16-17-28(25)32)29-31-26-14-8-6-13-24(26)30(34)33(29)19-18-21-10-4-3-5-11-21/h3-17,20,29,31H,2,18-19H2,1H3. The van der Waals surface area contributed by atoms with Crippen molar-refractivity contribution in [3.05, 3.63) is 114 Å². The number of hydrogen-bond acceptors (Lipinski definition) is 2. The molecular weight excluding hydrogens is 418 g/mol. The number of carbonyl (C=O) groups excluding carboxylic acids is 1. The summed E-state index contributed by atoms with van der Waals surface area (Å²) in [6, 6.07) is 33.4. The Balaban J connectivity index is 1.45. The van der Waals surface area contributed by atoms with Crippen molar-refractivity contribution in [1.82, 2.24) is 9.47 Å². The van der Waals surface area contributed by atoms with Gasteiger partial charge in [-0.25, -0.2) is 0 Å². The molecule has 0 radical (unpaired) electrons. The number of rotatable bonds is 5. The van der Waals surface area contributed by atoms with Gasteiger partial charge in [0.05, 0.1) is 5.56 Å². The number of hydrogen-bond donors (Lipinski definition) is 1. The van der Waals surface area contributed by atoms with Crippen molar-refractivity contribution in [2.75, 3.05) is 11.9 Å². The van der Waals surface area contributed by atoms with Crippen molar-refractivity contribution in [3.8, 4) is 0 Å². The Bertz CT molecular complexity index is 1500. The van der Waals surface area contributed by atoms with Crippen LogP contribution in [0.1, 0.15) is 34.6 Å². The molecule has 0 aliphatic carbocycles. The first kappa shape index (κ1) is 20.5. The number of amides is 1. The zero-order valence-corrected chi connectivity index (χ0v) is 19.2. The lowest BCUT2D eigenvalue weighted by molar-refractivity contribution is 0.0685. The Morgan fingerprint density at radius 1 is 0.794 bits per heavy atom. The number of para-hydroxylation sites is 2. The summed E-state index contributed by atoms with van der Waals surface area (Å²) < 4.78 is 2.36. The summed E-state index contributed by atoms with van der Waals surface area (Å²) in [5, 5.41) is 6.14. The summed E-state index contributed by atoms with van der Waals surface area (Å²) in [7, 11) is 0. The molecule has 1 N–H and O–H groups in total. The molecule has 0 saturated heterocycles. The molecular formula is C30H27N3O. The molecule has 4 aromatic carbocycles. The number of fused-ring (bicyclic) bond motifs is 4. The Morgan fingerprint density at radius 3 is 2.38 bits per heavy atom.